The number of carbonyl (C=O) groups is 1. The molecule has 6 heteroatoms. The van der Waals surface area contributed by atoms with Gasteiger partial charge in [0, 0.05) is 37.9 Å². The van der Waals surface area contributed by atoms with Crippen LogP contribution in [-0.2, 0) is 24.3 Å². The standard InChI is InChI=1S/C21H28N4O2/c1-2-18-22-19(27-23-18)14-24-12-6-10-21(15-24)11-9-20(26)25(16-21)13-17-7-4-3-5-8-17/h3-5,7-8H,2,6,9-16H2,1H3. The Kier molecular flexibility index (Phi) is 5.25. The van der Waals surface area contributed by atoms with E-state index < -0.39 is 0 Å². The van der Waals surface area contributed by atoms with E-state index in [1.807, 2.05) is 25.1 Å². The van der Waals surface area contributed by atoms with Crippen molar-refractivity contribution in [1.29, 1.82) is 0 Å². The zero-order valence-corrected chi connectivity index (χ0v) is 16.1. The van der Waals surface area contributed by atoms with Crippen LogP contribution in [0.15, 0.2) is 34.9 Å². The zero-order valence-electron chi connectivity index (χ0n) is 16.1. The van der Waals surface area contributed by atoms with Crippen molar-refractivity contribution in [2.45, 2.75) is 52.1 Å². The van der Waals surface area contributed by atoms with Crippen molar-refractivity contribution in [3.05, 3.63) is 47.6 Å². The van der Waals surface area contributed by atoms with Crippen molar-refractivity contribution in [2.75, 3.05) is 19.6 Å². The fourth-order valence-corrected chi connectivity index (χ4v) is 4.52. The first-order chi connectivity index (χ1) is 13.2. The van der Waals surface area contributed by atoms with E-state index in [-0.39, 0.29) is 11.3 Å². The number of nitrogens with zero attached hydrogens (tertiary/aromatic N) is 4. The molecule has 2 saturated heterocycles. The van der Waals surface area contributed by atoms with Crippen LogP contribution < -0.4 is 0 Å². The van der Waals surface area contributed by atoms with E-state index in [2.05, 4.69) is 32.1 Å². The molecule has 1 aromatic carbocycles. The summed E-state index contributed by atoms with van der Waals surface area (Å²) >= 11 is 0. The first-order valence-electron chi connectivity index (χ1n) is 10.0. The predicted molar refractivity (Wildman–Crippen MR) is 102 cm³/mol. The van der Waals surface area contributed by atoms with Crippen LogP contribution in [0.2, 0.25) is 0 Å². The molecule has 6 nitrogen and oxygen atoms in total. The average molecular weight is 368 g/mol. The van der Waals surface area contributed by atoms with Crippen molar-refractivity contribution >= 4 is 5.91 Å². The number of hydrogen-bond donors (Lipinski definition) is 0. The molecule has 144 valence electrons. The largest absolute Gasteiger partial charge is 0.338 e. The second kappa shape index (κ2) is 7.80. The topological polar surface area (TPSA) is 62.5 Å². The number of aromatic nitrogens is 2. The van der Waals surface area contributed by atoms with Gasteiger partial charge in [-0.1, -0.05) is 42.4 Å². The average Bonchev–Trinajstić information content (AvgIpc) is 3.14. The lowest BCUT2D eigenvalue weighted by atomic mass is 9.73. The fraction of sp³-hybridized carbons (Fsp3) is 0.571. The third-order valence-electron chi connectivity index (χ3n) is 5.89. The smallest absolute Gasteiger partial charge is 0.240 e. The number of carbonyl (C=O) groups excluding carboxylic acids is 1. The molecule has 0 N–H and O–H groups in total. The van der Waals surface area contributed by atoms with Gasteiger partial charge in [0.25, 0.3) is 0 Å². The molecule has 2 aromatic rings. The first kappa shape index (κ1) is 18.2. The molecule has 1 unspecified atom stereocenters. The Labute approximate surface area is 160 Å². The summed E-state index contributed by atoms with van der Waals surface area (Å²) in [7, 11) is 0. The van der Waals surface area contributed by atoms with Crippen LogP contribution in [0, 0.1) is 5.41 Å². The highest BCUT2D eigenvalue weighted by atomic mass is 16.5. The van der Waals surface area contributed by atoms with Crippen molar-refractivity contribution in [2.24, 2.45) is 5.41 Å². The van der Waals surface area contributed by atoms with E-state index in [9.17, 15) is 4.79 Å². The van der Waals surface area contributed by atoms with Gasteiger partial charge in [-0.15, -0.1) is 0 Å². The maximum atomic E-state index is 12.5. The third kappa shape index (κ3) is 4.21. The van der Waals surface area contributed by atoms with Crippen molar-refractivity contribution in [1.82, 2.24) is 19.9 Å². The molecule has 2 aliphatic rings. The quantitative estimate of drug-likeness (QED) is 0.812. The highest BCUT2D eigenvalue weighted by Gasteiger charge is 2.41. The molecular weight excluding hydrogens is 340 g/mol. The Morgan fingerprint density at radius 1 is 1.15 bits per heavy atom. The second-order valence-electron chi connectivity index (χ2n) is 8.01. The first-order valence-corrected chi connectivity index (χ1v) is 10.0. The predicted octanol–water partition coefficient (Wildman–Crippen LogP) is 3.04. The van der Waals surface area contributed by atoms with Gasteiger partial charge in [-0.25, -0.2) is 0 Å². The molecular formula is C21H28N4O2. The molecule has 1 aromatic heterocycles. The van der Waals surface area contributed by atoms with Gasteiger partial charge in [-0.05, 0) is 31.4 Å². The molecule has 0 aliphatic carbocycles. The van der Waals surface area contributed by atoms with Crippen LogP contribution in [0.1, 0.15) is 49.9 Å². The minimum absolute atomic E-state index is 0.189. The van der Waals surface area contributed by atoms with Gasteiger partial charge in [0.1, 0.15) is 0 Å². The van der Waals surface area contributed by atoms with Gasteiger partial charge in [0.05, 0.1) is 6.54 Å². The lowest BCUT2D eigenvalue weighted by Crippen LogP contribution is -2.53. The Balaban J connectivity index is 1.42. The third-order valence-corrected chi connectivity index (χ3v) is 5.89. The summed E-state index contributed by atoms with van der Waals surface area (Å²) in [5.74, 6) is 1.76. The van der Waals surface area contributed by atoms with Crippen LogP contribution in [0.25, 0.3) is 0 Å². The van der Waals surface area contributed by atoms with Gasteiger partial charge in [-0.3, -0.25) is 9.69 Å². The van der Waals surface area contributed by atoms with Crippen LogP contribution >= 0.6 is 0 Å². The number of amides is 1. The summed E-state index contributed by atoms with van der Waals surface area (Å²) in [6, 6.07) is 10.3. The Morgan fingerprint density at radius 2 is 2.00 bits per heavy atom. The van der Waals surface area contributed by atoms with Crippen LogP contribution in [-0.4, -0.2) is 45.5 Å². The van der Waals surface area contributed by atoms with Gasteiger partial charge in [0.15, 0.2) is 5.82 Å². The van der Waals surface area contributed by atoms with Crippen molar-refractivity contribution in [3.63, 3.8) is 0 Å². The highest BCUT2D eigenvalue weighted by Crippen LogP contribution is 2.39. The minimum atomic E-state index is 0.189. The second-order valence-corrected chi connectivity index (χ2v) is 8.01. The number of benzene rings is 1. The summed E-state index contributed by atoms with van der Waals surface area (Å²) in [5, 5.41) is 4.01. The molecule has 1 amide bonds. The van der Waals surface area contributed by atoms with E-state index >= 15 is 0 Å². The van der Waals surface area contributed by atoms with Gasteiger partial charge in [-0.2, -0.15) is 4.98 Å². The molecule has 2 fully saturated rings. The molecule has 3 heterocycles. The summed E-state index contributed by atoms with van der Waals surface area (Å²) < 4.78 is 5.38. The Morgan fingerprint density at radius 3 is 2.78 bits per heavy atom. The summed E-state index contributed by atoms with van der Waals surface area (Å²) in [4.78, 5) is 21.5. The number of hydrogen-bond acceptors (Lipinski definition) is 5. The van der Waals surface area contributed by atoms with Crippen LogP contribution in [0.3, 0.4) is 0 Å². The lowest BCUT2D eigenvalue weighted by Gasteiger charge is -2.48. The van der Waals surface area contributed by atoms with Gasteiger partial charge < -0.3 is 9.42 Å². The number of aryl methyl sites for hydroxylation is 1. The summed E-state index contributed by atoms with van der Waals surface area (Å²) in [5.41, 5.74) is 1.39. The van der Waals surface area contributed by atoms with E-state index in [1.165, 1.54) is 12.0 Å². The highest BCUT2D eigenvalue weighted by molar-refractivity contribution is 5.77. The van der Waals surface area contributed by atoms with Crippen LogP contribution in [0.4, 0.5) is 0 Å². The summed E-state index contributed by atoms with van der Waals surface area (Å²) in [6.45, 7) is 6.35. The fourth-order valence-electron chi connectivity index (χ4n) is 4.52. The minimum Gasteiger partial charge on any atom is -0.338 e. The number of rotatable bonds is 5. The lowest BCUT2D eigenvalue weighted by molar-refractivity contribution is -0.140. The van der Waals surface area contributed by atoms with Crippen molar-refractivity contribution < 1.29 is 9.32 Å². The molecule has 0 saturated carbocycles. The Bertz CT molecular complexity index is 775. The molecule has 27 heavy (non-hydrogen) atoms. The maximum absolute atomic E-state index is 12.5. The molecule has 0 radical (unpaired) electrons. The van der Waals surface area contributed by atoms with Gasteiger partial charge in [0.2, 0.25) is 11.8 Å². The number of piperidine rings is 2. The molecule has 4 rings (SSSR count). The maximum Gasteiger partial charge on any atom is 0.240 e. The van der Waals surface area contributed by atoms with Crippen molar-refractivity contribution in [3.8, 4) is 0 Å². The van der Waals surface area contributed by atoms with E-state index in [1.54, 1.807) is 0 Å². The monoisotopic (exact) mass is 368 g/mol. The van der Waals surface area contributed by atoms with E-state index in [0.717, 1.165) is 44.7 Å². The van der Waals surface area contributed by atoms with Gasteiger partial charge >= 0.3 is 0 Å². The molecule has 2 aliphatic heterocycles. The van der Waals surface area contributed by atoms with E-state index in [4.69, 9.17) is 4.52 Å². The van der Waals surface area contributed by atoms with E-state index in [0.29, 0.717) is 25.4 Å². The SMILES string of the molecule is CCc1noc(CN2CCCC3(CCC(=O)N(Cc4ccccc4)C3)C2)n1. The Hall–Kier alpha value is -2.21. The van der Waals surface area contributed by atoms with Crippen LogP contribution in [0.5, 0.6) is 0 Å². The molecule has 0 bridgehead atoms. The molecule has 1 atom stereocenters. The zero-order chi connectivity index (χ0) is 18.7. The normalized spacial score (nSPS) is 23.9. The number of likely N-dealkylation sites (tertiary alicyclic amines) is 2. The molecule has 1 spiro atoms. The summed E-state index contributed by atoms with van der Waals surface area (Å²) in [6.07, 6.45) is 4.77.